The third-order valence-electron chi connectivity index (χ3n) is 2.50. The molecule has 0 amide bonds. The van der Waals surface area contributed by atoms with E-state index in [4.69, 9.17) is 0 Å². The first-order chi connectivity index (χ1) is 7.11. The van der Waals surface area contributed by atoms with E-state index in [0.29, 0.717) is 6.42 Å². The molecular formula is C10H14O5. The van der Waals surface area contributed by atoms with Gasteiger partial charge in [0, 0.05) is 0 Å². The molecule has 0 aromatic rings. The van der Waals surface area contributed by atoms with Crippen LogP contribution in [0.1, 0.15) is 6.42 Å². The average Bonchev–Trinajstić information content (AvgIpc) is 2.26. The van der Waals surface area contributed by atoms with Crippen LogP contribution in [0.4, 0.5) is 0 Å². The molecule has 0 aliphatic heterocycles. The lowest BCUT2D eigenvalue weighted by Crippen LogP contribution is -2.40. The first kappa shape index (κ1) is 11.7. The Morgan fingerprint density at radius 2 is 1.87 bits per heavy atom. The van der Waals surface area contributed by atoms with Crippen LogP contribution in [-0.4, -0.2) is 37.4 Å². The second-order valence-electron chi connectivity index (χ2n) is 3.33. The highest BCUT2D eigenvalue weighted by Gasteiger charge is 2.40. The summed E-state index contributed by atoms with van der Waals surface area (Å²) >= 11 is 0. The summed E-state index contributed by atoms with van der Waals surface area (Å²) in [7, 11) is 2.48. The third kappa shape index (κ3) is 2.36. The zero-order valence-electron chi connectivity index (χ0n) is 8.67. The summed E-state index contributed by atoms with van der Waals surface area (Å²) in [4.78, 5) is 22.8. The molecule has 3 atom stereocenters. The monoisotopic (exact) mass is 214 g/mol. The smallest absolute Gasteiger partial charge is 0.312 e. The van der Waals surface area contributed by atoms with E-state index in [2.05, 4.69) is 9.47 Å². The molecule has 15 heavy (non-hydrogen) atoms. The van der Waals surface area contributed by atoms with E-state index in [9.17, 15) is 14.7 Å². The molecule has 0 aromatic carbocycles. The highest BCUT2D eigenvalue weighted by molar-refractivity contribution is 5.83. The van der Waals surface area contributed by atoms with Crippen LogP contribution in [0.5, 0.6) is 0 Å². The van der Waals surface area contributed by atoms with Crippen molar-refractivity contribution in [2.24, 2.45) is 11.8 Å². The maximum Gasteiger partial charge on any atom is 0.312 e. The van der Waals surface area contributed by atoms with Crippen LogP contribution in [0, 0.1) is 11.8 Å². The maximum atomic E-state index is 11.4. The minimum atomic E-state index is -0.990. The molecule has 1 unspecified atom stereocenters. The van der Waals surface area contributed by atoms with Crippen molar-refractivity contribution in [3.8, 4) is 0 Å². The van der Waals surface area contributed by atoms with Gasteiger partial charge in [0.05, 0.1) is 32.2 Å². The lowest BCUT2D eigenvalue weighted by molar-refractivity contribution is -0.161. The Bertz CT molecular complexity index is 284. The number of methoxy groups -OCH3 is 2. The summed E-state index contributed by atoms with van der Waals surface area (Å²) in [6.07, 6.45) is 2.53. The number of carbonyl (C=O) groups excluding carboxylic acids is 2. The molecule has 1 aliphatic rings. The van der Waals surface area contributed by atoms with Crippen molar-refractivity contribution in [3.63, 3.8) is 0 Å². The molecule has 0 radical (unpaired) electrons. The van der Waals surface area contributed by atoms with Crippen molar-refractivity contribution in [2.45, 2.75) is 12.5 Å². The number of aliphatic hydroxyl groups is 1. The topological polar surface area (TPSA) is 72.8 Å². The van der Waals surface area contributed by atoms with Gasteiger partial charge in [-0.25, -0.2) is 0 Å². The number of rotatable bonds is 2. The van der Waals surface area contributed by atoms with Crippen LogP contribution in [0.2, 0.25) is 0 Å². The Morgan fingerprint density at radius 1 is 1.27 bits per heavy atom. The predicted octanol–water partition coefficient (Wildman–Crippen LogP) is -0.114. The second kappa shape index (κ2) is 4.93. The lowest BCUT2D eigenvalue weighted by atomic mass is 9.81. The van der Waals surface area contributed by atoms with E-state index >= 15 is 0 Å². The molecule has 1 aliphatic carbocycles. The minimum absolute atomic E-state index is 0.378. The molecule has 5 heteroatoms. The zero-order chi connectivity index (χ0) is 11.4. The van der Waals surface area contributed by atoms with Crippen LogP contribution in [-0.2, 0) is 19.1 Å². The Morgan fingerprint density at radius 3 is 2.40 bits per heavy atom. The van der Waals surface area contributed by atoms with Crippen LogP contribution < -0.4 is 0 Å². The number of carbonyl (C=O) groups is 2. The van der Waals surface area contributed by atoms with E-state index in [1.54, 1.807) is 6.08 Å². The van der Waals surface area contributed by atoms with Crippen LogP contribution in [0.25, 0.3) is 0 Å². The highest BCUT2D eigenvalue weighted by atomic mass is 16.5. The molecule has 1 N–H and O–H groups in total. The lowest BCUT2D eigenvalue weighted by Gasteiger charge is -2.27. The third-order valence-corrected chi connectivity index (χ3v) is 2.50. The van der Waals surface area contributed by atoms with Crippen LogP contribution >= 0.6 is 0 Å². The van der Waals surface area contributed by atoms with Gasteiger partial charge in [0.25, 0.3) is 0 Å². The number of hydrogen-bond donors (Lipinski definition) is 1. The number of hydrogen-bond acceptors (Lipinski definition) is 5. The fourth-order valence-electron chi connectivity index (χ4n) is 1.70. The molecule has 0 bridgehead atoms. The van der Waals surface area contributed by atoms with Crippen molar-refractivity contribution in [3.05, 3.63) is 12.2 Å². The van der Waals surface area contributed by atoms with Crippen LogP contribution in [0.3, 0.4) is 0 Å². The van der Waals surface area contributed by atoms with Gasteiger partial charge in [-0.05, 0) is 6.42 Å². The molecule has 0 aromatic heterocycles. The van der Waals surface area contributed by atoms with E-state index < -0.39 is 29.9 Å². The maximum absolute atomic E-state index is 11.4. The van der Waals surface area contributed by atoms with Gasteiger partial charge in [-0.2, -0.15) is 0 Å². The van der Waals surface area contributed by atoms with Crippen LogP contribution in [0.15, 0.2) is 12.2 Å². The van der Waals surface area contributed by atoms with Crippen molar-refractivity contribution in [1.82, 2.24) is 0 Å². The normalized spacial score (nSPS) is 29.7. The Labute approximate surface area is 87.7 Å². The second-order valence-corrected chi connectivity index (χ2v) is 3.33. The Hall–Kier alpha value is -1.36. The molecule has 5 nitrogen and oxygen atoms in total. The van der Waals surface area contributed by atoms with Gasteiger partial charge in [0.1, 0.15) is 0 Å². The summed E-state index contributed by atoms with van der Waals surface area (Å²) in [6.45, 7) is 0. The average molecular weight is 214 g/mol. The summed E-state index contributed by atoms with van der Waals surface area (Å²) in [6, 6.07) is 0. The predicted molar refractivity (Wildman–Crippen MR) is 50.8 cm³/mol. The highest BCUT2D eigenvalue weighted by Crippen LogP contribution is 2.28. The number of aliphatic hydroxyl groups excluding tert-OH is 1. The summed E-state index contributed by atoms with van der Waals surface area (Å²) < 4.78 is 9.12. The number of allylic oxidation sites excluding steroid dienone is 1. The first-order valence-corrected chi connectivity index (χ1v) is 4.62. The van der Waals surface area contributed by atoms with Crippen molar-refractivity contribution in [2.75, 3.05) is 14.2 Å². The van der Waals surface area contributed by atoms with Gasteiger partial charge in [-0.15, -0.1) is 0 Å². The number of esters is 2. The molecule has 84 valence electrons. The Kier molecular flexibility index (Phi) is 3.85. The fourth-order valence-corrected chi connectivity index (χ4v) is 1.70. The van der Waals surface area contributed by atoms with Gasteiger partial charge in [-0.1, -0.05) is 12.2 Å². The molecule has 0 saturated carbocycles. The quantitative estimate of drug-likeness (QED) is 0.512. The molecular weight excluding hydrogens is 200 g/mol. The summed E-state index contributed by atoms with van der Waals surface area (Å²) in [5.41, 5.74) is 0. The van der Waals surface area contributed by atoms with Crippen molar-refractivity contribution < 1.29 is 24.2 Å². The molecule has 0 heterocycles. The molecule has 1 rings (SSSR count). The fraction of sp³-hybridized carbons (Fsp3) is 0.600. The van der Waals surface area contributed by atoms with Gasteiger partial charge in [-0.3, -0.25) is 9.59 Å². The largest absolute Gasteiger partial charge is 0.469 e. The minimum Gasteiger partial charge on any atom is -0.469 e. The van der Waals surface area contributed by atoms with Crippen molar-refractivity contribution >= 4 is 11.9 Å². The number of ether oxygens (including phenoxy) is 2. The SMILES string of the molecule is COC(=O)[C@@H]1CC=CC(O)[C@@H]1C(=O)OC. The standard InChI is InChI=1S/C10H14O5/c1-14-9(12)6-4-3-5-7(11)8(6)10(13)15-2/h3,5-8,11H,4H2,1-2H3/t6-,7?,8-/m1/s1. The summed E-state index contributed by atoms with van der Waals surface area (Å²) in [5.74, 6) is -2.63. The van der Waals surface area contributed by atoms with Gasteiger partial charge in [0.2, 0.25) is 0 Å². The van der Waals surface area contributed by atoms with E-state index in [-0.39, 0.29) is 0 Å². The van der Waals surface area contributed by atoms with Gasteiger partial charge >= 0.3 is 11.9 Å². The Balaban J connectivity index is 2.89. The summed E-state index contributed by atoms with van der Waals surface area (Å²) in [5, 5.41) is 9.59. The van der Waals surface area contributed by atoms with Gasteiger partial charge in [0.15, 0.2) is 0 Å². The zero-order valence-corrected chi connectivity index (χ0v) is 8.67. The van der Waals surface area contributed by atoms with Crippen molar-refractivity contribution in [1.29, 1.82) is 0 Å². The molecule has 0 spiro atoms. The molecule has 0 fully saturated rings. The van der Waals surface area contributed by atoms with E-state index in [1.807, 2.05) is 0 Å². The first-order valence-electron chi connectivity index (χ1n) is 4.62. The van der Waals surface area contributed by atoms with E-state index in [0.717, 1.165) is 0 Å². The van der Waals surface area contributed by atoms with E-state index in [1.165, 1.54) is 20.3 Å². The van der Waals surface area contributed by atoms with Gasteiger partial charge < -0.3 is 14.6 Å². The molecule has 0 saturated heterocycles.